The van der Waals surface area contributed by atoms with Crippen molar-refractivity contribution in [2.75, 3.05) is 12.0 Å². The molecule has 0 N–H and O–H groups in total. The summed E-state index contributed by atoms with van der Waals surface area (Å²) in [6.07, 6.45) is 2.07. The molecule has 5 rings (SSSR count). The van der Waals surface area contributed by atoms with Gasteiger partial charge in [0, 0.05) is 24.1 Å². The first-order chi connectivity index (χ1) is 15.2. The predicted octanol–water partition coefficient (Wildman–Crippen LogP) is 5.68. The number of hydrogen-bond donors (Lipinski definition) is 0. The number of carbonyl (C=O) groups excluding carboxylic acids is 1. The molecule has 0 atom stereocenters. The van der Waals surface area contributed by atoms with Crippen LogP contribution in [0.15, 0.2) is 85.1 Å². The number of para-hydroxylation sites is 1. The SMILES string of the molecule is COc1cc(-c2ccccc2C)ccc1C(=O)N1Cc2cccn2Cc2ccccc21. The van der Waals surface area contributed by atoms with Crippen molar-refractivity contribution < 1.29 is 9.53 Å². The van der Waals surface area contributed by atoms with E-state index in [-0.39, 0.29) is 5.91 Å². The lowest BCUT2D eigenvalue weighted by molar-refractivity contribution is 0.0982. The van der Waals surface area contributed by atoms with Crippen LogP contribution < -0.4 is 9.64 Å². The van der Waals surface area contributed by atoms with Crippen molar-refractivity contribution in [3.63, 3.8) is 0 Å². The summed E-state index contributed by atoms with van der Waals surface area (Å²) in [5.41, 5.74) is 7.11. The third-order valence-corrected chi connectivity index (χ3v) is 6.00. The highest BCUT2D eigenvalue weighted by atomic mass is 16.5. The van der Waals surface area contributed by atoms with E-state index in [0.29, 0.717) is 17.9 Å². The average molecular weight is 409 g/mol. The van der Waals surface area contributed by atoms with Crippen LogP contribution in [-0.4, -0.2) is 17.6 Å². The molecule has 4 aromatic rings. The number of carbonyl (C=O) groups is 1. The molecule has 1 aromatic heterocycles. The topological polar surface area (TPSA) is 34.5 Å². The predicted molar refractivity (Wildman–Crippen MR) is 124 cm³/mol. The molecule has 0 aliphatic carbocycles. The third kappa shape index (κ3) is 3.40. The first-order valence-electron chi connectivity index (χ1n) is 10.4. The van der Waals surface area contributed by atoms with Crippen LogP contribution in [0.1, 0.15) is 27.2 Å². The van der Waals surface area contributed by atoms with E-state index in [0.717, 1.165) is 34.6 Å². The van der Waals surface area contributed by atoms with Gasteiger partial charge in [0.25, 0.3) is 5.91 Å². The van der Waals surface area contributed by atoms with Gasteiger partial charge < -0.3 is 14.2 Å². The van der Waals surface area contributed by atoms with Crippen molar-refractivity contribution in [2.24, 2.45) is 0 Å². The van der Waals surface area contributed by atoms with Crippen LogP contribution in [0, 0.1) is 6.92 Å². The summed E-state index contributed by atoms with van der Waals surface area (Å²) in [6.45, 7) is 3.36. The lowest BCUT2D eigenvalue weighted by Gasteiger charge is -2.24. The Labute approximate surface area is 182 Å². The minimum atomic E-state index is -0.0599. The lowest BCUT2D eigenvalue weighted by atomic mass is 9.98. The molecule has 0 fully saturated rings. The van der Waals surface area contributed by atoms with Crippen LogP contribution in [0.25, 0.3) is 11.1 Å². The molecular formula is C27H24N2O2. The number of nitrogens with zero attached hydrogens (tertiary/aromatic N) is 2. The average Bonchev–Trinajstić information content (AvgIpc) is 3.17. The molecule has 0 radical (unpaired) electrons. The maximum absolute atomic E-state index is 13.8. The summed E-state index contributed by atoms with van der Waals surface area (Å²) in [4.78, 5) is 15.6. The van der Waals surface area contributed by atoms with E-state index < -0.39 is 0 Å². The molecule has 1 aliphatic rings. The summed E-state index contributed by atoms with van der Waals surface area (Å²) in [7, 11) is 1.62. The summed E-state index contributed by atoms with van der Waals surface area (Å²) >= 11 is 0. The standard InChI is InChI=1S/C27H24N2O2/c1-19-8-3-5-11-23(19)20-13-14-24(26(16-20)31-2)27(30)29-18-22-10-7-15-28(22)17-21-9-4-6-12-25(21)29/h3-16H,17-18H2,1-2H3. The van der Waals surface area contributed by atoms with Gasteiger partial charge in [0.1, 0.15) is 5.75 Å². The number of anilines is 1. The molecule has 2 heterocycles. The zero-order chi connectivity index (χ0) is 21.4. The van der Waals surface area contributed by atoms with Gasteiger partial charge in [0.05, 0.1) is 19.2 Å². The Morgan fingerprint density at radius 3 is 2.55 bits per heavy atom. The molecule has 0 unspecified atom stereocenters. The minimum absolute atomic E-state index is 0.0599. The molecule has 3 aromatic carbocycles. The van der Waals surface area contributed by atoms with Crippen molar-refractivity contribution in [1.82, 2.24) is 4.57 Å². The molecular weight excluding hydrogens is 384 g/mol. The van der Waals surface area contributed by atoms with E-state index >= 15 is 0 Å². The molecule has 4 heteroatoms. The van der Waals surface area contributed by atoms with Crippen LogP contribution in [0.3, 0.4) is 0 Å². The van der Waals surface area contributed by atoms with Gasteiger partial charge in [-0.2, -0.15) is 0 Å². The van der Waals surface area contributed by atoms with Crippen LogP contribution in [0.2, 0.25) is 0 Å². The monoisotopic (exact) mass is 408 g/mol. The van der Waals surface area contributed by atoms with E-state index in [1.165, 1.54) is 5.56 Å². The molecule has 0 saturated carbocycles. The second kappa shape index (κ2) is 7.80. The molecule has 1 aliphatic heterocycles. The largest absolute Gasteiger partial charge is 0.496 e. The smallest absolute Gasteiger partial charge is 0.262 e. The highest BCUT2D eigenvalue weighted by Crippen LogP contribution is 2.33. The highest BCUT2D eigenvalue weighted by molar-refractivity contribution is 6.08. The Morgan fingerprint density at radius 1 is 0.903 bits per heavy atom. The van der Waals surface area contributed by atoms with E-state index in [1.54, 1.807) is 7.11 Å². The molecule has 0 bridgehead atoms. The maximum atomic E-state index is 13.8. The van der Waals surface area contributed by atoms with Gasteiger partial charge in [-0.3, -0.25) is 4.79 Å². The quantitative estimate of drug-likeness (QED) is 0.437. The third-order valence-electron chi connectivity index (χ3n) is 6.00. The van der Waals surface area contributed by atoms with Crippen molar-refractivity contribution >= 4 is 11.6 Å². The number of ether oxygens (including phenoxy) is 1. The summed E-state index contributed by atoms with van der Waals surface area (Å²) in [5.74, 6) is 0.526. The first-order valence-corrected chi connectivity index (χ1v) is 10.4. The molecule has 31 heavy (non-hydrogen) atoms. The number of rotatable bonds is 3. The normalized spacial score (nSPS) is 12.6. The molecule has 154 valence electrons. The second-order valence-electron chi connectivity index (χ2n) is 7.88. The molecule has 1 amide bonds. The first kappa shape index (κ1) is 19.2. The highest BCUT2D eigenvalue weighted by Gasteiger charge is 2.26. The van der Waals surface area contributed by atoms with Gasteiger partial charge in [0.15, 0.2) is 0 Å². The number of benzene rings is 3. The number of amides is 1. The van der Waals surface area contributed by atoms with Gasteiger partial charge >= 0.3 is 0 Å². The number of fused-ring (bicyclic) bond motifs is 2. The second-order valence-corrected chi connectivity index (χ2v) is 7.88. The summed E-state index contributed by atoms with van der Waals surface area (Å²) in [5, 5.41) is 0. The lowest BCUT2D eigenvalue weighted by Crippen LogP contribution is -2.31. The number of aromatic nitrogens is 1. The van der Waals surface area contributed by atoms with Crippen LogP contribution in [0.4, 0.5) is 5.69 Å². The van der Waals surface area contributed by atoms with Crippen LogP contribution >= 0.6 is 0 Å². The number of hydrogen-bond acceptors (Lipinski definition) is 2. The summed E-state index contributed by atoms with van der Waals surface area (Å²) in [6, 6.07) is 26.3. The Kier molecular flexibility index (Phi) is 4.83. The van der Waals surface area contributed by atoms with Gasteiger partial charge in [0.2, 0.25) is 0 Å². The Morgan fingerprint density at radius 2 is 1.71 bits per heavy atom. The molecule has 0 saturated heterocycles. The van der Waals surface area contributed by atoms with E-state index in [9.17, 15) is 4.79 Å². The summed E-state index contributed by atoms with van der Waals surface area (Å²) < 4.78 is 7.88. The van der Waals surface area contributed by atoms with Crippen molar-refractivity contribution in [2.45, 2.75) is 20.0 Å². The van der Waals surface area contributed by atoms with E-state index in [4.69, 9.17) is 4.74 Å². The van der Waals surface area contributed by atoms with Crippen molar-refractivity contribution in [3.8, 4) is 16.9 Å². The van der Waals surface area contributed by atoms with Gasteiger partial charge in [-0.05, 0) is 59.5 Å². The fourth-order valence-electron chi connectivity index (χ4n) is 4.34. The van der Waals surface area contributed by atoms with Crippen molar-refractivity contribution in [1.29, 1.82) is 0 Å². The zero-order valence-electron chi connectivity index (χ0n) is 17.7. The van der Waals surface area contributed by atoms with Crippen LogP contribution in [0.5, 0.6) is 5.75 Å². The number of methoxy groups -OCH3 is 1. The minimum Gasteiger partial charge on any atom is -0.496 e. The fourth-order valence-corrected chi connectivity index (χ4v) is 4.34. The fraction of sp³-hybridized carbons (Fsp3) is 0.148. The van der Waals surface area contributed by atoms with Gasteiger partial charge in [-0.1, -0.05) is 48.5 Å². The zero-order valence-corrected chi connectivity index (χ0v) is 17.7. The Balaban J connectivity index is 1.58. The maximum Gasteiger partial charge on any atom is 0.262 e. The Bertz CT molecular complexity index is 1270. The van der Waals surface area contributed by atoms with E-state index in [1.807, 2.05) is 59.5 Å². The van der Waals surface area contributed by atoms with Gasteiger partial charge in [-0.15, -0.1) is 0 Å². The van der Waals surface area contributed by atoms with Crippen LogP contribution in [-0.2, 0) is 13.1 Å². The number of aryl methyl sites for hydroxylation is 1. The molecule has 4 nitrogen and oxygen atoms in total. The Hall–Kier alpha value is -3.79. The van der Waals surface area contributed by atoms with Gasteiger partial charge in [-0.25, -0.2) is 0 Å². The van der Waals surface area contributed by atoms with E-state index in [2.05, 4.69) is 42.0 Å². The van der Waals surface area contributed by atoms with Crippen molar-refractivity contribution in [3.05, 3.63) is 107 Å². The molecule has 0 spiro atoms.